The molecular formula is C49H87N3O3. The van der Waals surface area contributed by atoms with Crippen LogP contribution in [0, 0.1) is 22.2 Å². The molecule has 1 amide bonds. The minimum atomic E-state index is -0.878. The van der Waals surface area contributed by atoms with Crippen molar-refractivity contribution < 1.29 is 14.3 Å². The molecule has 1 aliphatic carbocycles. The Morgan fingerprint density at radius 2 is 1.56 bits per heavy atom. The second-order valence-electron chi connectivity index (χ2n) is 17.0. The monoisotopic (exact) mass is 766 g/mol. The molecule has 0 bridgehead atoms. The maximum atomic E-state index is 13.6. The first-order chi connectivity index (χ1) is 25.8. The Morgan fingerprint density at radius 3 is 1.96 bits per heavy atom. The fourth-order valence-electron chi connectivity index (χ4n) is 5.54. The number of anilines is 1. The summed E-state index contributed by atoms with van der Waals surface area (Å²) in [7, 11) is 4.13. The largest absolute Gasteiger partial charge is 0.489 e. The zero-order valence-electron chi connectivity index (χ0n) is 38.8. The lowest BCUT2D eigenvalue weighted by molar-refractivity contribution is -0.149. The number of carbonyl (C=O) groups is 2. The van der Waals surface area contributed by atoms with E-state index in [2.05, 4.69) is 112 Å². The van der Waals surface area contributed by atoms with Crippen molar-refractivity contribution in [1.82, 2.24) is 10.2 Å². The summed E-state index contributed by atoms with van der Waals surface area (Å²) < 4.78 is 5.96. The Kier molecular flexibility index (Phi) is 27.8. The van der Waals surface area contributed by atoms with Crippen LogP contribution < -0.4 is 10.6 Å². The zero-order chi connectivity index (χ0) is 42.8. The van der Waals surface area contributed by atoms with Crippen LogP contribution in [-0.4, -0.2) is 43.3 Å². The van der Waals surface area contributed by atoms with Gasteiger partial charge < -0.3 is 20.3 Å². The lowest BCUT2D eigenvalue weighted by Crippen LogP contribution is -2.54. The molecular weight excluding hydrogens is 679 g/mol. The molecule has 0 saturated heterocycles. The summed E-state index contributed by atoms with van der Waals surface area (Å²) in [6.07, 6.45) is 14.5. The zero-order valence-corrected chi connectivity index (χ0v) is 38.8. The van der Waals surface area contributed by atoms with Gasteiger partial charge in [-0.15, -0.1) is 0 Å². The van der Waals surface area contributed by atoms with E-state index < -0.39 is 5.41 Å². The van der Waals surface area contributed by atoms with E-state index in [4.69, 9.17) is 4.74 Å². The molecule has 2 N–H and O–H groups in total. The molecule has 316 valence electrons. The number of Topliss-reactive ketones (excluding diaryl/α,β-unsaturated/α-hetero) is 1. The van der Waals surface area contributed by atoms with Gasteiger partial charge in [-0.3, -0.25) is 9.59 Å². The van der Waals surface area contributed by atoms with Crippen LogP contribution in [0.15, 0.2) is 72.7 Å². The fraction of sp³-hybridized carbons (Fsp3) is 0.673. The lowest BCUT2D eigenvalue weighted by Gasteiger charge is -2.40. The van der Waals surface area contributed by atoms with Crippen molar-refractivity contribution in [2.75, 3.05) is 26.0 Å². The summed E-state index contributed by atoms with van der Waals surface area (Å²) in [5.74, 6) is 1.01. The minimum absolute atomic E-state index is 0.0914. The SMILES string of the molecule is C=C/C(OCc1ccc(NC(=C)C(CCCCN(C)C)NC(=O)C2(C(=O)CC(C)CC)CCC2)cc1)=C(C)\C=C/C.CC.CCC.CCC(C)(C)C(C)(C)C. The van der Waals surface area contributed by atoms with Crippen molar-refractivity contribution in [1.29, 1.82) is 0 Å². The molecule has 2 rings (SSSR count). The third kappa shape index (κ3) is 20.0. The normalized spacial score (nSPS) is 14.9. The van der Waals surface area contributed by atoms with E-state index in [1.807, 2.05) is 64.1 Å². The van der Waals surface area contributed by atoms with E-state index in [9.17, 15) is 9.59 Å². The molecule has 2 unspecified atom stereocenters. The highest BCUT2D eigenvalue weighted by Crippen LogP contribution is 2.44. The number of unbranched alkanes of at least 4 members (excludes halogenated alkanes) is 1. The van der Waals surface area contributed by atoms with Gasteiger partial charge in [-0.1, -0.05) is 146 Å². The Labute approximate surface area is 341 Å². The van der Waals surface area contributed by atoms with Gasteiger partial charge in [0.15, 0.2) is 0 Å². The molecule has 2 atom stereocenters. The van der Waals surface area contributed by atoms with Crippen LogP contribution in [0.5, 0.6) is 0 Å². The van der Waals surface area contributed by atoms with Gasteiger partial charge in [-0.25, -0.2) is 0 Å². The van der Waals surface area contributed by atoms with Gasteiger partial charge in [0.05, 0.1) is 6.04 Å². The second-order valence-corrected chi connectivity index (χ2v) is 17.0. The van der Waals surface area contributed by atoms with Gasteiger partial charge in [0.25, 0.3) is 0 Å². The fourth-order valence-corrected chi connectivity index (χ4v) is 5.54. The van der Waals surface area contributed by atoms with Crippen LogP contribution in [0.3, 0.4) is 0 Å². The summed E-state index contributed by atoms with van der Waals surface area (Å²) in [4.78, 5) is 29.0. The van der Waals surface area contributed by atoms with E-state index in [0.717, 1.165) is 66.9 Å². The van der Waals surface area contributed by atoms with Crippen LogP contribution in [0.4, 0.5) is 5.69 Å². The molecule has 6 heteroatoms. The summed E-state index contributed by atoms with van der Waals surface area (Å²) in [6.45, 7) is 39.8. The van der Waals surface area contributed by atoms with Gasteiger partial charge in [-0.2, -0.15) is 0 Å². The van der Waals surface area contributed by atoms with E-state index in [1.165, 1.54) is 12.8 Å². The summed E-state index contributed by atoms with van der Waals surface area (Å²) in [5.41, 5.74) is 3.73. The highest BCUT2D eigenvalue weighted by Gasteiger charge is 2.50. The molecule has 0 spiro atoms. The molecule has 0 aliphatic heterocycles. The van der Waals surface area contributed by atoms with Crippen molar-refractivity contribution in [3.63, 3.8) is 0 Å². The van der Waals surface area contributed by atoms with Crippen molar-refractivity contribution in [2.24, 2.45) is 22.2 Å². The molecule has 1 aromatic rings. The molecule has 0 heterocycles. The van der Waals surface area contributed by atoms with Gasteiger partial charge in [-0.05, 0) is 113 Å². The van der Waals surface area contributed by atoms with Crippen LogP contribution in [0.1, 0.15) is 167 Å². The van der Waals surface area contributed by atoms with Gasteiger partial charge in [0, 0.05) is 17.8 Å². The van der Waals surface area contributed by atoms with E-state index >= 15 is 0 Å². The molecule has 1 fully saturated rings. The summed E-state index contributed by atoms with van der Waals surface area (Å²) in [6, 6.07) is 7.75. The Morgan fingerprint density at radius 1 is 1.00 bits per heavy atom. The molecule has 1 aromatic carbocycles. The first kappa shape index (κ1) is 54.0. The molecule has 55 heavy (non-hydrogen) atoms. The van der Waals surface area contributed by atoms with E-state index in [1.54, 1.807) is 6.08 Å². The average molecular weight is 766 g/mol. The van der Waals surface area contributed by atoms with E-state index in [-0.39, 0.29) is 23.7 Å². The standard InChI is InChI=1S/C35H53N3O3.C9H20.C3H8.C2H6/c1-9-15-27(5)32(11-3)41-25-29-17-19-30(20-18-29)36-28(6)31(16-12-13-23-38(7)8)37-34(40)35(21-14-22-35)33(39)24-26(4)10-2;1-7-9(5,6)8(2,3)4;1-3-2;1-2/h9,11,15,17-20,26,31,36H,3,6,10,12-14,16,21-25H2,1-2,4-5,7-8H3,(H,37,40);7H2,1-6H3;3H2,1-2H3;1-2H3/b15-9-,32-27+;;;. The molecule has 0 radical (unpaired) electrons. The van der Waals surface area contributed by atoms with Gasteiger partial charge in [0.2, 0.25) is 5.91 Å². The smallest absolute Gasteiger partial charge is 0.234 e. The Balaban J connectivity index is 0. The first-order valence-corrected chi connectivity index (χ1v) is 21.4. The predicted octanol–water partition coefficient (Wildman–Crippen LogP) is 13.5. The van der Waals surface area contributed by atoms with Crippen LogP contribution in [0.2, 0.25) is 0 Å². The van der Waals surface area contributed by atoms with Gasteiger partial charge in [0.1, 0.15) is 23.6 Å². The molecule has 6 nitrogen and oxygen atoms in total. The highest BCUT2D eigenvalue weighted by atomic mass is 16.5. The van der Waals surface area contributed by atoms with Crippen molar-refractivity contribution in [2.45, 2.75) is 174 Å². The number of allylic oxidation sites excluding steroid dienone is 4. The number of benzene rings is 1. The third-order valence-corrected chi connectivity index (χ3v) is 11.0. The maximum Gasteiger partial charge on any atom is 0.234 e. The van der Waals surface area contributed by atoms with Crippen LogP contribution in [0.25, 0.3) is 0 Å². The average Bonchev–Trinajstić information content (AvgIpc) is 3.11. The molecule has 1 saturated carbocycles. The topological polar surface area (TPSA) is 70.7 Å². The number of amides is 1. The second kappa shape index (κ2) is 28.3. The summed E-state index contributed by atoms with van der Waals surface area (Å²) >= 11 is 0. The Bertz CT molecular complexity index is 1290. The van der Waals surface area contributed by atoms with Crippen LogP contribution in [-0.2, 0) is 20.9 Å². The first-order valence-electron chi connectivity index (χ1n) is 21.4. The number of nitrogens with zero attached hydrogens (tertiary/aromatic N) is 1. The number of carbonyl (C=O) groups excluding carboxylic acids is 2. The lowest BCUT2D eigenvalue weighted by atomic mass is 9.63. The van der Waals surface area contributed by atoms with Crippen molar-refractivity contribution in [3.8, 4) is 0 Å². The third-order valence-electron chi connectivity index (χ3n) is 11.0. The van der Waals surface area contributed by atoms with Crippen molar-refractivity contribution in [3.05, 3.63) is 78.2 Å². The molecule has 1 aliphatic rings. The maximum absolute atomic E-state index is 13.6. The van der Waals surface area contributed by atoms with Gasteiger partial charge >= 0.3 is 0 Å². The number of nitrogens with one attached hydrogen (secondary N) is 2. The highest BCUT2D eigenvalue weighted by molar-refractivity contribution is 6.07. The predicted molar refractivity (Wildman–Crippen MR) is 242 cm³/mol. The number of hydrogen-bond acceptors (Lipinski definition) is 5. The van der Waals surface area contributed by atoms with Crippen LogP contribution >= 0.6 is 0 Å². The minimum Gasteiger partial charge on any atom is -0.489 e. The number of hydrogen-bond donors (Lipinski definition) is 2. The quantitative estimate of drug-likeness (QED) is 0.0599. The summed E-state index contributed by atoms with van der Waals surface area (Å²) in [5, 5.41) is 6.65. The van der Waals surface area contributed by atoms with Crippen molar-refractivity contribution >= 4 is 17.4 Å². The number of ketones is 1. The van der Waals surface area contributed by atoms with E-state index in [0.29, 0.717) is 36.7 Å². The number of ether oxygens (including phenoxy) is 1. The Hall–Kier alpha value is -3.12. The molecule has 0 aromatic heterocycles. The number of rotatable bonds is 20.